The third kappa shape index (κ3) is 2.94. The van der Waals surface area contributed by atoms with Gasteiger partial charge in [-0.2, -0.15) is 0 Å². The zero-order valence-corrected chi connectivity index (χ0v) is 12.3. The summed E-state index contributed by atoms with van der Waals surface area (Å²) >= 11 is 0.836. The van der Waals surface area contributed by atoms with Crippen molar-refractivity contribution in [2.24, 2.45) is 0 Å². The molecular formula is C17H12FNO2S. The Morgan fingerprint density at radius 1 is 1.00 bits per heavy atom. The number of carbonyl (C=O) groups is 2. The van der Waals surface area contributed by atoms with E-state index in [-0.39, 0.29) is 22.6 Å². The van der Waals surface area contributed by atoms with Crippen LogP contribution in [0.1, 0.15) is 11.1 Å². The lowest BCUT2D eigenvalue weighted by Gasteiger charge is -2.12. The molecule has 3 rings (SSSR count). The average molecular weight is 313 g/mol. The molecule has 1 fully saturated rings. The molecule has 110 valence electrons. The molecule has 5 heteroatoms. The Balaban J connectivity index is 1.84. The van der Waals surface area contributed by atoms with Crippen molar-refractivity contribution in [3.8, 4) is 0 Å². The Bertz CT molecular complexity index is 758. The van der Waals surface area contributed by atoms with Crippen molar-refractivity contribution in [3.05, 3.63) is 76.4 Å². The number of imide groups is 1. The fourth-order valence-electron chi connectivity index (χ4n) is 2.14. The predicted octanol–water partition coefficient (Wildman–Crippen LogP) is 4.06. The quantitative estimate of drug-likeness (QED) is 0.802. The molecule has 1 saturated heterocycles. The number of rotatable bonds is 3. The van der Waals surface area contributed by atoms with Gasteiger partial charge in [-0.3, -0.25) is 14.5 Å². The number of halogens is 1. The number of hydrogen-bond acceptors (Lipinski definition) is 3. The molecule has 3 nitrogen and oxygen atoms in total. The number of nitrogens with zero attached hydrogens (tertiary/aromatic N) is 1. The number of benzene rings is 2. The Morgan fingerprint density at radius 2 is 1.68 bits per heavy atom. The van der Waals surface area contributed by atoms with Crippen LogP contribution < -0.4 is 0 Å². The van der Waals surface area contributed by atoms with Crippen molar-refractivity contribution in [2.75, 3.05) is 0 Å². The van der Waals surface area contributed by atoms with Crippen molar-refractivity contribution in [1.29, 1.82) is 0 Å². The molecular weight excluding hydrogens is 301 g/mol. The van der Waals surface area contributed by atoms with Gasteiger partial charge in [-0.25, -0.2) is 4.39 Å². The molecule has 0 bridgehead atoms. The van der Waals surface area contributed by atoms with E-state index in [0.717, 1.165) is 17.3 Å². The van der Waals surface area contributed by atoms with E-state index in [1.165, 1.54) is 17.0 Å². The van der Waals surface area contributed by atoms with Gasteiger partial charge < -0.3 is 0 Å². The van der Waals surface area contributed by atoms with E-state index in [9.17, 15) is 14.0 Å². The fourth-order valence-corrected chi connectivity index (χ4v) is 2.96. The lowest BCUT2D eigenvalue weighted by Crippen LogP contribution is -2.27. The molecule has 0 N–H and O–H groups in total. The lowest BCUT2D eigenvalue weighted by molar-refractivity contribution is -0.123. The van der Waals surface area contributed by atoms with E-state index in [1.54, 1.807) is 18.2 Å². The van der Waals surface area contributed by atoms with Gasteiger partial charge in [0, 0.05) is 5.56 Å². The first-order chi connectivity index (χ1) is 10.6. The SMILES string of the molecule is O=C1S/C(=C/c2ccccc2F)C(=O)N1Cc1ccccc1. The summed E-state index contributed by atoms with van der Waals surface area (Å²) in [4.78, 5) is 25.8. The second kappa shape index (κ2) is 6.15. The second-order valence-electron chi connectivity index (χ2n) is 4.77. The molecule has 22 heavy (non-hydrogen) atoms. The highest BCUT2D eigenvalue weighted by molar-refractivity contribution is 8.18. The van der Waals surface area contributed by atoms with Gasteiger partial charge in [-0.1, -0.05) is 48.5 Å². The molecule has 1 aliphatic rings. The van der Waals surface area contributed by atoms with Crippen molar-refractivity contribution < 1.29 is 14.0 Å². The summed E-state index contributed by atoms with van der Waals surface area (Å²) in [5.74, 6) is -0.806. The highest BCUT2D eigenvalue weighted by atomic mass is 32.2. The number of carbonyl (C=O) groups excluding carboxylic acids is 2. The summed E-state index contributed by atoms with van der Waals surface area (Å²) in [6.45, 7) is 0.222. The first-order valence-electron chi connectivity index (χ1n) is 6.69. The molecule has 2 aromatic rings. The van der Waals surface area contributed by atoms with Gasteiger partial charge in [0.25, 0.3) is 11.1 Å². The van der Waals surface area contributed by atoms with Crippen LogP contribution in [0.4, 0.5) is 9.18 Å². The van der Waals surface area contributed by atoms with Crippen LogP contribution >= 0.6 is 11.8 Å². The van der Waals surface area contributed by atoms with Crippen LogP contribution in [0.5, 0.6) is 0 Å². The minimum atomic E-state index is -0.419. The Kier molecular flexibility index (Phi) is 4.06. The standard InChI is InChI=1S/C17H12FNO2S/c18-14-9-5-4-8-13(14)10-15-16(20)19(17(21)22-15)11-12-6-2-1-3-7-12/h1-10H,11H2/b15-10+. The van der Waals surface area contributed by atoms with Gasteiger partial charge in [-0.15, -0.1) is 0 Å². The van der Waals surface area contributed by atoms with Gasteiger partial charge in [0.2, 0.25) is 0 Å². The Morgan fingerprint density at radius 3 is 2.41 bits per heavy atom. The Hall–Kier alpha value is -2.40. The molecule has 0 unspecified atom stereocenters. The van der Waals surface area contributed by atoms with Crippen LogP contribution in [0.2, 0.25) is 0 Å². The van der Waals surface area contributed by atoms with Crippen LogP contribution in [-0.2, 0) is 11.3 Å². The van der Waals surface area contributed by atoms with E-state index < -0.39 is 5.82 Å². The highest BCUT2D eigenvalue weighted by Crippen LogP contribution is 2.33. The minimum Gasteiger partial charge on any atom is -0.268 e. The van der Waals surface area contributed by atoms with Crippen LogP contribution in [0, 0.1) is 5.82 Å². The van der Waals surface area contributed by atoms with E-state index in [1.807, 2.05) is 30.3 Å². The number of thioether (sulfide) groups is 1. The maximum Gasteiger partial charge on any atom is 0.293 e. The van der Waals surface area contributed by atoms with Crippen molar-refractivity contribution >= 4 is 29.0 Å². The second-order valence-corrected chi connectivity index (χ2v) is 5.77. The van der Waals surface area contributed by atoms with E-state index in [2.05, 4.69) is 0 Å². The maximum atomic E-state index is 13.6. The van der Waals surface area contributed by atoms with E-state index >= 15 is 0 Å². The summed E-state index contributed by atoms with van der Waals surface area (Å²) in [5.41, 5.74) is 1.17. The van der Waals surface area contributed by atoms with Crippen LogP contribution in [0.15, 0.2) is 59.5 Å². The fraction of sp³-hybridized carbons (Fsp3) is 0.0588. The summed E-state index contributed by atoms with van der Waals surface area (Å²) in [5, 5.41) is -0.337. The predicted molar refractivity (Wildman–Crippen MR) is 84.4 cm³/mol. The average Bonchev–Trinajstić information content (AvgIpc) is 2.78. The summed E-state index contributed by atoms with van der Waals surface area (Å²) in [6, 6.07) is 15.4. The molecule has 2 aromatic carbocycles. The minimum absolute atomic E-state index is 0.222. The number of amides is 2. The molecule has 0 aromatic heterocycles. The zero-order chi connectivity index (χ0) is 15.5. The van der Waals surface area contributed by atoms with Crippen molar-refractivity contribution in [3.63, 3.8) is 0 Å². The van der Waals surface area contributed by atoms with Crippen LogP contribution in [-0.4, -0.2) is 16.0 Å². The smallest absolute Gasteiger partial charge is 0.268 e. The topological polar surface area (TPSA) is 37.4 Å². The molecule has 0 atom stereocenters. The largest absolute Gasteiger partial charge is 0.293 e. The van der Waals surface area contributed by atoms with Crippen molar-refractivity contribution in [2.45, 2.75) is 6.54 Å². The van der Waals surface area contributed by atoms with Gasteiger partial charge >= 0.3 is 0 Å². The zero-order valence-electron chi connectivity index (χ0n) is 11.5. The molecule has 0 aliphatic carbocycles. The molecule has 0 spiro atoms. The highest BCUT2D eigenvalue weighted by Gasteiger charge is 2.35. The molecule has 1 heterocycles. The maximum absolute atomic E-state index is 13.6. The first-order valence-corrected chi connectivity index (χ1v) is 7.50. The molecule has 0 saturated carbocycles. The normalized spacial score (nSPS) is 16.6. The Labute approximate surface area is 131 Å². The van der Waals surface area contributed by atoms with Crippen molar-refractivity contribution in [1.82, 2.24) is 4.90 Å². The first kappa shape index (κ1) is 14.5. The van der Waals surface area contributed by atoms with Gasteiger partial charge in [0.15, 0.2) is 0 Å². The summed E-state index contributed by atoms with van der Waals surface area (Å²) in [6.07, 6.45) is 1.42. The molecule has 0 radical (unpaired) electrons. The molecule has 2 amide bonds. The molecule has 1 aliphatic heterocycles. The van der Waals surface area contributed by atoms with E-state index in [0.29, 0.717) is 5.56 Å². The third-order valence-corrected chi connectivity index (χ3v) is 4.16. The van der Waals surface area contributed by atoms with Gasteiger partial charge in [-0.05, 0) is 29.5 Å². The summed E-state index contributed by atoms with van der Waals surface area (Å²) in [7, 11) is 0. The van der Waals surface area contributed by atoms with Gasteiger partial charge in [0.1, 0.15) is 5.82 Å². The summed E-state index contributed by atoms with van der Waals surface area (Å²) < 4.78 is 13.6. The van der Waals surface area contributed by atoms with Gasteiger partial charge in [0.05, 0.1) is 11.4 Å². The van der Waals surface area contributed by atoms with E-state index in [4.69, 9.17) is 0 Å². The lowest BCUT2D eigenvalue weighted by atomic mass is 10.2. The number of hydrogen-bond donors (Lipinski definition) is 0. The van der Waals surface area contributed by atoms with Crippen LogP contribution in [0.25, 0.3) is 6.08 Å². The monoisotopic (exact) mass is 313 g/mol. The third-order valence-electron chi connectivity index (χ3n) is 3.25. The van der Waals surface area contributed by atoms with Crippen LogP contribution in [0.3, 0.4) is 0 Å².